The first-order chi connectivity index (χ1) is 9.65. The van der Waals surface area contributed by atoms with E-state index in [4.69, 9.17) is 9.52 Å². The number of thiazole rings is 1. The molecule has 1 atom stereocenters. The lowest BCUT2D eigenvalue weighted by atomic mass is 10.3. The maximum atomic E-state index is 10.8. The number of hydrogen-bond acceptors (Lipinski definition) is 6. The van der Waals surface area contributed by atoms with Crippen LogP contribution in [0.5, 0.6) is 0 Å². The molecule has 0 aromatic carbocycles. The number of aromatic carboxylic acids is 1. The molecule has 0 amide bonds. The van der Waals surface area contributed by atoms with Crippen LogP contribution in [0.25, 0.3) is 11.0 Å². The van der Waals surface area contributed by atoms with Crippen LogP contribution in [-0.4, -0.2) is 21.0 Å². The second-order valence-electron chi connectivity index (χ2n) is 4.23. The molecule has 6 nitrogen and oxygen atoms in total. The Morgan fingerprint density at radius 3 is 3.10 bits per heavy atom. The summed E-state index contributed by atoms with van der Waals surface area (Å²) in [6.45, 7) is 1.91. The molecule has 3 rings (SSSR count). The molecular formula is C13H11N3O3S. The molecule has 0 aliphatic carbocycles. The zero-order valence-corrected chi connectivity index (χ0v) is 11.3. The Balaban J connectivity index is 1.86. The van der Waals surface area contributed by atoms with Gasteiger partial charge in [-0.2, -0.15) is 0 Å². The van der Waals surface area contributed by atoms with Crippen molar-refractivity contribution < 1.29 is 14.3 Å². The van der Waals surface area contributed by atoms with E-state index < -0.39 is 5.97 Å². The first-order valence-corrected chi connectivity index (χ1v) is 6.80. The van der Waals surface area contributed by atoms with Crippen LogP contribution >= 0.6 is 11.3 Å². The summed E-state index contributed by atoms with van der Waals surface area (Å²) in [6.07, 6.45) is 3.26. The summed E-state index contributed by atoms with van der Waals surface area (Å²) < 4.78 is 5.31. The van der Waals surface area contributed by atoms with Gasteiger partial charge in [0, 0.05) is 11.6 Å². The van der Waals surface area contributed by atoms with Crippen molar-refractivity contribution in [2.45, 2.75) is 13.0 Å². The highest BCUT2D eigenvalue weighted by molar-refractivity contribution is 7.09. The van der Waals surface area contributed by atoms with Crippen molar-refractivity contribution in [3.63, 3.8) is 0 Å². The van der Waals surface area contributed by atoms with E-state index in [1.165, 1.54) is 16.7 Å². The number of furan rings is 1. The molecule has 0 spiro atoms. The van der Waals surface area contributed by atoms with Gasteiger partial charge < -0.3 is 14.8 Å². The smallest absolute Gasteiger partial charge is 0.355 e. The lowest BCUT2D eigenvalue weighted by molar-refractivity contribution is 0.0691. The molecule has 0 aliphatic rings. The first kappa shape index (κ1) is 12.6. The van der Waals surface area contributed by atoms with Gasteiger partial charge in [-0.1, -0.05) is 0 Å². The largest absolute Gasteiger partial charge is 0.476 e. The van der Waals surface area contributed by atoms with Gasteiger partial charge in [0.2, 0.25) is 0 Å². The Kier molecular flexibility index (Phi) is 3.11. The maximum absolute atomic E-state index is 10.8. The first-order valence-electron chi connectivity index (χ1n) is 5.92. The van der Waals surface area contributed by atoms with Gasteiger partial charge >= 0.3 is 5.97 Å². The lowest BCUT2D eigenvalue weighted by Gasteiger charge is -2.12. The van der Waals surface area contributed by atoms with Gasteiger partial charge in [-0.15, -0.1) is 11.3 Å². The summed E-state index contributed by atoms with van der Waals surface area (Å²) in [5.74, 6) is -0.328. The Bertz CT molecular complexity index is 765. The van der Waals surface area contributed by atoms with Crippen LogP contribution in [0.2, 0.25) is 0 Å². The molecule has 20 heavy (non-hydrogen) atoms. The van der Waals surface area contributed by atoms with Gasteiger partial charge in [-0.3, -0.25) is 0 Å². The minimum absolute atomic E-state index is 0.0631. The van der Waals surface area contributed by atoms with E-state index in [9.17, 15) is 4.79 Å². The Labute approximate surface area is 118 Å². The summed E-state index contributed by atoms with van der Waals surface area (Å²) in [6, 6.07) is 3.49. The Morgan fingerprint density at radius 2 is 2.35 bits per heavy atom. The number of anilines is 1. The number of fused-ring (bicyclic) bond motifs is 1. The average molecular weight is 289 g/mol. The van der Waals surface area contributed by atoms with Gasteiger partial charge in [0.25, 0.3) is 0 Å². The number of pyridine rings is 1. The Morgan fingerprint density at radius 1 is 1.50 bits per heavy atom. The van der Waals surface area contributed by atoms with Crippen molar-refractivity contribution in [1.29, 1.82) is 0 Å². The number of rotatable bonds is 4. The Hall–Kier alpha value is -2.41. The third-order valence-corrected chi connectivity index (χ3v) is 3.87. The molecule has 2 N–H and O–H groups in total. The molecule has 0 saturated heterocycles. The van der Waals surface area contributed by atoms with Crippen molar-refractivity contribution in [2.75, 3.05) is 5.32 Å². The zero-order chi connectivity index (χ0) is 14.1. The molecule has 3 heterocycles. The highest BCUT2D eigenvalue weighted by Gasteiger charge is 2.15. The van der Waals surface area contributed by atoms with E-state index in [2.05, 4.69) is 15.3 Å². The number of carboxylic acids is 1. The minimum Gasteiger partial charge on any atom is -0.476 e. The summed E-state index contributed by atoms with van der Waals surface area (Å²) >= 11 is 1.31. The number of nitrogens with one attached hydrogen (secondary N) is 1. The van der Waals surface area contributed by atoms with Crippen molar-refractivity contribution >= 4 is 34.1 Å². The number of carboxylic acid groups (broad SMARTS) is 1. The zero-order valence-electron chi connectivity index (χ0n) is 10.5. The third kappa shape index (κ3) is 2.23. The molecule has 7 heteroatoms. The van der Waals surface area contributed by atoms with Crippen LogP contribution in [0.4, 0.5) is 5.82 Å². The number of carbonyl (C=O) groups is 1. The molecule has 1 unspecified atom stereocenters. The molecule has 3 aromatic rings. The van der Waals surface area contributed by atoms with Crippen molar-refractivity contribution in [1.82, 2.24) is 9.97 Å². The van der Waals surface area contributed by atoms with Crippen molar-refractivity contribution in [3.8, 4) is 0 Å². The number of hydrogen-bond donors (Lipinski definition) is 2. The fraction of sp³-hybridized carbons (Fsp3) is 0.154. The third-order valence-electron chi connectivity index (χ3n) is 2.84. The summed E-state index contributed by atoms with van der Waals surface area (Å²) in [5, 5.41) is 15.2. The maximum Gasteiger partial charge on any atom is 0.355 e. The van der Waals surface area contributed by atoms with Gasteiger partial charge in [0.05, 0.1) is 17.7 Å². The molecular weight excluding hydrogens is 278 g/mol. The average Bonchev–Trinajstić information content (AvgIpc) is 3.08. The van der Waals surface area contributed by atoms with E-state index in [-0.39, 0.29) is 11.7 Å². The van der Waals surface area contributed by atoms with Gasteiger partial charge in [0.1, 0.15) is 16.4 Å². The van der Waals surface area contributed by atoms with Gasteiger partial charge in [0.15, 0.2) is 5.69 Å². The number of nitrogens with zero attached hydrogens (tertiary/aromatic N) is 2. The fourth-order valence-corrected chi connectivity index (χ4v) is 2.66. The van der Waals surface area contributed by atoms with Crippen LogP contribution in [-0.2, 0) is 0 Å². The highest BCUT2D eigenvalue weighted by Crippen LogP contribution is 2.27. The minimum atomic E-state index is -1.02. The normalized spacial score (nSPS) is 12.4. The molecule has 0 saturated carbocycles. The standard InChI is InChI=1S/C13H11N3O3S/c1-7(12-16-9(6-20-12)13(17)18)15-11-8-3-5-19-10(8)2-4-14-11/h2-7H,1H3,(H,14,15)(H,17,18). The van der Waals surface area contributed by atoms with Crippen molar-refractivity contribution in [2.24, 2.45) is 0 Å². The van der Waals surface area contributed by atoms with E-state index in [0.29, 0.717) is 10.8 Å². The van der Waals surface area contributed by atoms with E-state index in [0.717, 1.165) is 11.0 Å². The monoisotopic (exact) mass is 289 g/mol. The fourth-order valence-electron chi connectivity index (χ4n) is 1.86. The van der Waals surface area contributed by atoms with Crippen LogP contribution < -0.4 is 5.32 Å². The number of aromatic nitrogens is 2. The summed E-state index contributed by atoms with van der Waals surface area (Å²) in [5.41, 5.74) is 0.813. The van der Waals surface area contributed by atoms with Crippen LogP contribution in [0.1, 0.15) is 28.5 Å². The van der Waals surface area contributed by atoms with E-state index in [1.807, 2.05) is 13.0 Å². The van der Waals surface area contributed by atoms with E-state index in [1.54, 1.807) is 18.5 Å². The van der Waals surface area contributed by atoms with Crippen molar-refractivity contribution in [3.05, 3.63) is 40.7 Å². The van der Waals surface area contributed by atoms with E-state index >= 15 is 0 Å². The van der Waals surface area contributed by atoms with Crippen LogP contribution in [0.15, 0.2) is 34.4 Å². The highest BCUT2D eigenvalue weighted by atomic mass is 32.1. The second kappa shape index (κ2) is 4.93. The lowest BCUT2D eigenvalue weighted by Crippen LogP contribution is -2.08. The van der Waals surface area contributed by atoms with Crippen LogP contribution in [0, 0.1) is 0 Å². The second-order valence-corrected chi connectivity index (χ2v) is 5.12. The predicted octanol–water partition coefficient (Wildman–Crippen LogP) is 3.16. The summed E-state index contributed by atoms with van der Waals surface area (Å²) in [7, 11) is 0. The molecule has 102 valence electrons. The predicted molar refractivity (Wildman–Crippen MR) is 75.1 cm³/mol. The SMILES string of the molecule is CC(Nc1nccc2occc12)c1nc(C(=O)O)cs1. The topological polar surface area (TPSA) is 88.3 Å². The van der Waals surface area contributed by atoms with Crippen LogP contribution in [0.3, 0.4) is 0 Å². The molecule has 0 radical (unpaired) electrons. The molecule has 0 aliphatic heterocycles. The molecule has 0 bridgehead atoms. The molecule has 3 aromatic heterocycles. The van der Waals surface area contributed by atoms with Gasteiger partial charge in [-0.05, 0) is 19.1 Å². The molecule has 0 fully saturated rings. The quantitative estimate of drug-likeness (QED) is 0.767. The summed E-state index contributed by atoms with van der Waals surface area (Å²) in [4.78, 5) is 19.2. The van der Waals surface area contributed by atoms with Gasteiger partial charge in [-0.25, -0.2) is 14.8 Å².